The Balaban J connectivity index is 1.41. The first-order valence-electron chi connectivity index (χ1n) is 8.25. The van der Waals surface area contributed by atoms with Crippen molar-refractivity contribution in [3.63, 3.8) is 0 Å². The highest BCUT2D eigenvalue weighted by molar-refractivity contribution is 5.70. The lowest BCUT2D eigenvalue weighted by Gasteiger charge is -2.17. The largest absolute Gasteiger partial charge is 0.461 e. The molecule has 3 rings (SSSR count). The van der Waals surface area contributed by atoms with Crippen LogP contribution in [0, 0.1) is 5.92 Å². The zero-order valence-electron chi connectivity index (χ0n) is 12.7. The normalized spacial score (nSPS) is 23.5. The Kier molecular flexibility index (Phi) is 4.91. The van der Waals surface area contributed by atoms with Gasteiger partial charge in [0, 0.05) is 26.1 Å². The third-order valence-corrected chi connectivity index (χ3v) is 4.71. The molecule has 1 heterocycles. The Morgan fingerprint density at radius 2 is 1.90 bits per heavy atom. The van der Waals surface area contributed by atoms with Gasteiger partial charge in [0.25, 0.3) is 0 Å². The van der Waals surface area contributed by atoms with Crippen LogP contribution in [-0.2, 0) is 16.1 Å². The van der Waals surface area contributed by atoms with Gasteiger partial charge in [0.15, 0.2) is 0 Å². The number of rotatable bonds is 5. The average Bonchev–Trinajstić information content (AvgIpc) is 3.12. The van der Waals surface area contributed by atoms with Crippen LogP contribution in [0.1, 0.15) is 44.1 Å². The van der Waals surface area contributed by atoms with Crippen molar-refractivity contribution in [3.05, 3.63) is 35.9 Å². The van der Waals surface area contributed by atoms with Gasteiger partial charge >= 0.3 is 5.97 Å². The fourth-order valence-corrected chi connectivity index (χ4v) is 3.56. The Morgan fingerprint density at radius 1 is 1.14 bits per heavy atom. The van der Waals surface area contributed by atoms with Gasteiger partial charge in [-0.3, -0.25) is 9.69 Å². The first kappa shape index (κ1) is 14.6. The molecule has 3 heteroatoms. The fourth-order valence-electron chi connectivity index (χ4n) is 3.56. The molecule has 2 aliphatic rings. The van der Waals surface area contributed by atoms with E-state index < -0.39 is 0 Å². The number of hydrogen-bond donors (Lipinski definition) is 0. The number of hydrogen-bond acceptors (Lipinski definition) is 3. The van der Waals surface area contributed by atoms with Gasteiger partial charge in [-0.2, -0.15) is 0 Å². The minimum Gasteiger partial charge on any atom is -0.461 e. The maximum absolute atomic E-state index is 12.0. The van der Waals surface area contributed by atoms with Crippen molar-refractivity contribution < 1.29 is 9.53 Å². The number of esters is 1. The molecule has 1 aromatic carbocycles. The third-order valence-electron chi connectivity index (χ3n) is 4.71. The lowest BCUT2D eigenvalue weighted by molar-refractivity contribution is -0.149. The molecule has 0 amide bonds. The van der Waals surface area contributed by atoms with E-state index in [1.165, 1.54) is 31.2 Å². The highest BCUT2D eigenvalue weighted by Crippen LogP contribution is 2.28. The SMILES string of the molecule is O=C(CC1CCCC1)O[C@@H]1CCN(Cc2ccccc2)C1. The minimum atomic E-state index is 0.0217. The summed E-state index contributed by atoms with van der Waals surface area (Å²) in [6, 6.07) is 10.5. The minimum absolute atomic E-state index is 0.0217. The van der Waals surface area contributed by atoms with Gasteiger partial charge in [-0.05, 0) is 30.7 Å². The van der Waals surface area contributed by atoms with E-state index in [0.717, 1.165) is 26.1 Å². The van der Waals surface area contributed by atoms with Crippen LogP contribution in [0.5, 0.6) is 0 Å². The van der Waals surface area contributed by atoms with Crippen molar-refractivity contribution in [2.24, 2.45) is 5.92 Å². The molecule has 3 nitrogen and oxygen atoms in total. The summed E-state index contributed by atoms with van der Waals surface area (Å²) in [4.78, 5) is 14.4. The van der Waals surface area contributed by atoms with Gasteiger partial charge in [-0.1, -0.05) is 43.2 Å². The van der Waals surface area contributed by atoms with Crippen LogP contribution in [0.15, 0.2) is 30.3 Å². The quantitative estimate of drug-likeness (QED) is 0.778. The Hall–Kier alpha value is -1.35. The summed E-state index contributed by atoms with van der Waals surface area (Å²) in [5, 5.41) is 0. The Morgan fingerprint density at radius 3 is 2.67 bits per heavy atom. The van der Waals surface area contributed by atoms with Crippen LogP contribution >= 0.6 is 0 Å². The van der Waals surface area contributed by atoms with Crippen molar-refractivity contribution in [1.82, 2.24) is 4.90 Å². The van der Waals surface area contributed by atoms with Gasteiger partial charge in [-0.25, -0.2) is 0 Å². The fraction of sp³-hybridized carbons (Fsp3) is 0.611. The van der Waals surface area contributed by atoms with Crippen LogP contribution in [-0.4, -0.2) is 30.1 Å². The summed E-state index contributed by atoms with van der Waals surface area (Å²) < 4.78 is 5.66. The second-order valence-corrected chi connectivity index (χ2v) is 6.48. The average molecular weight is 287 g/mol. The highest BCUT2D eigenvalue weighted by atomic mass is 16.5. The third kappa shape index (κ3) is 4.31. The molecule has 0 N–H and O–H groups in total. The zero-order chi connectivity index (χ0) is 14.5. The maximum atomic E-state index is 12.0. The van der Waals surface area contributed by atoms with Crippen molar-refractivity contribution in [2.75, 3.05) is 13.1 Å². The van der Waals surface area contributed by atoms with E-state index in [-0.39, 0.29) is 12.1 Å². The molecular weight excluding hydrogens is 262 g/mol. The predicted molar refractivity (Wildman–Crippen MR) is 82.8 cm³/mol. The van der Waals surface area contributed by atoms with Crippen molar-refractivity contribution >= 4 is 5.97 Å². The molecule has 114 valence electrons. The summed E-state index contributed by atoms with van der Waals surface area (Å²) in [7, 11) is 0. The number of ether oxygens (including phenoxy) is 1. The summed E-state index contributed by atoms with van der Waals surface area (Å²) in [6.45, 7) is 2.86. The van der Waals surface area contributed by atoms with Crippen molar-refractivity contribution in [1.29, 1.82) is 0 Å². The summed E-state index contributed by atoms with van der Waals surface area (Å²) >= 11 is 0. The molecule has 0 spiro atoms. The lowest BCUT2D eigenvalue weighted by atomic mass is 10.0. The predicted octanol–water partition coefficient (Wildman–Crippen LogP) is 3.38. The van der Waals surface area contributed by atoms with Crippen LogP contribution in [0.25, 0.3) is 0 Å². The molecular formula is C18H25NO2. The van der Waals surface area contributed by atoms with Gasteiger partial charge in [0.2, 0.25) is 0 Å². The van der Waals surface area contributed by atoms with Crippen LogP contribution < -0.4 is 0 Å². The molecule has 1 saturated heterocycles. The van der Waals surface area contributed by atoms with Gasteiger partial charge < -0.3 is 4.74 Å². The van der Waals surface area contributed by atoms with E-state index in [1.54, 1.807) is 0 Å². The molecule has 1 aliphatic carbocycles. The Labute approximate surface area is 127 Å². The zero-order valence-corrected chi connectivity index (χ0v) is 12.7. The van der Waals surface area contributed by atoms with E-state index in [1.807, 2.05) is 6.07 Å². The smallest absolute Gasteiger partial charge is 0.306 e. The molecule has 1 atom stereocenters. The Bertz CT molecular complexity index is 454. The summed E-state index contributed by atoms with van der Waals surface area (Å²) in [5.74, 6) is 0.604. The number of nitrogens with zero attached hydrogens (tertiary/aromatic N) is 1. The van der Waals surface area contributed by atoms with Crippen molar-refractivity contribution in [3.8, 4) is 0 Å². The van der Waals surface area contributed by atoms with Crippen LogP contribution in [0.4, 0.5) is 0 Å². The molecule has 21 heavy (non-hydrogen) atoms. The van der Waals surface area contributed by atoms with Crippen molar-refractivity contribution in [2.45, 2.75) is 51.2 Å². The van der Waals surface area contributed by atoms with Crippen LogP contribution in [0.2, 0.25) is 0 Å². The highest BCUT2D eigenvalue weighted by Gasteiger charge is 2.27. The molecule has 0 radical (unpaired) electrons. The molecule has 0 aromatic heterocycles. The molecule has 2 fully saturated rings. The number of benzene rings is 1. The molecule has 1 saturated carbocycles. The monoisotopic (exact) mass is 287 g/mol. The van der Waals surface area contributed by atoms with E-state index in [2.05, 4.69) is 29.2 Å². The molecule has 1 aliphatic heterocycles. The molecule has 0 bridgehead atoms. The van der Waals surface area contributed by atoms with Gasteiger partial charge in [0.05, 0.1) is 0 Å². The second-order valence-electron chi connectivity index (χ2n) is 6.48. The molecule has 1 aromatic rings. The van der Waals surface area contributed by atoms with Crippen LogP contribution in [0.3, 0.4) is 0 Å². The summed E-state index contributed by atoms with van der Waals surface area (Å²) in [5.41, 5.74) is 1.33. The van der Waals surface area contributed by atoms with Gasteiger partial charge in [0.1, 0.15) is 6.10 Å². The lowest BCUT2D eigenvalue weighted by Crippen LogP contribution is -2.25. The second kappa shape index (κ2) is 7.08. The van der Waals surface area contributed by atoms with E-state index in [4.69, 9.17) is 4.74 Å². The van der Waals surface area contributed by atoms with E-state index in [0.29, 0.717) is 12.3 Å². The number of carbonyl (C=O) groups excluding carboxylic acids is 1. The maximum Gasteiger partial charge on any atom is 0.306 e. The standard InChI is InChI=1S/C18H25NO2/c20-18(12-15-6-4-5-7-15)21-17-10-11-19(14-17)13-16-8-2-1-3-9-16/h1-3,8-9,15,17H,4-7,10-14H2/t17-/m1/s1. The van der Waals surface area contributed by atoms with E-state index >= 15 is 0 Å². The number of carbonyl (C=O) groups is 1. The van der Waals surface area contributed by atoms with E-state index in [9.17, 15) is 4.79 Å². The molecule has 0 unspecified atom stereocenters. The summed E-state index contributed by atoms with van der Waals surface area (Å²) in [6.07, 6.45) is 6.69. The van der Waals surface area contributed by atoms with Gasteiger partial charge in [-0.15, -0.1) is 0 Å². The first-order chi connectivity index (χ1) is 10.3. The number of likely N-dealkylation sites (tertiary alicyclic amines) is 1. The first-order valence-corrected chi connectivity index (χ1v) is 8.25. The topological polar surface area (TPSA) is 29.5 Å².